The number of nitrogens with two attached hydrogens (primary N) is 1. The van der Waals surface area contributed by atoms with Crippen molar-refractivity contribution in [3.8, 4) is 0 Å². The quantitative estimate of drug-likeness (QED) is 0.414. The minimum Gasteiger partial charge on any atom is -0.305 e. The van der Waals surface area contributed by atoms with Gasteiger partial charge in [-0.3, -0.25) is 10.2 Å². The summed E-state index contributed by atoms with van der Waals surface area (Å²) in [4.78, 5) is 13.2. The van der Waals surface area contributed by atoms with Gasteiger partial charge in [-0.05, 0) is 31.8 Å². The van der Waals surface area contributed by atoms with Crippen LogP contribution in [0.15, 0.2) is 24.3 Å². The SMILES string of the molecule is CN(C)Cc1cccc(C(=O)NN)c1. The zero-order valence-electron chi connectivity index (χ0n) is 8.45. The van der Waals surface area contributed by atoms with Crippen LogP contribution in [0.3, 0.4) is 0 Å². The maximum Gasteiger partial charge on any atom is 0.265 e. The molecule has 0 fully saturated rings. The summed E-state index contributed by atoms with van der Waals surface area (Å²) in [5.74, 6) is 4.79. The molecule has 4 nitrogen and oxygen atoms in total. The van der Waals surface area contributed by atoms with Crippen molar-refractivity contribution in [2.24, 2.45) is 5.84 Å². The van der Waals surface area contributed by atoms with E-state index < -0.39 is 0 Å². The Hall–Kier alpha value is -1.39. The van der Waals surface area contributed by atoms with Crippen LogP contribution in [0.4, 0.5) is 0 Å². The summed E-state index contributed by atoms with van der Waals surface area (Å²) in [6, 6.07) is 7.40. The molecule has 0 spiro atoms. The van der Waals surface area contributed by atoms with Crippen LogP contribution >= 0.6 is 0 Å². The van der Waals surface area contributed by atoms with Gasteiger partial charge in [-0.2, -0.15) is 0 Å². The van der Waals surface area contributed by atoms with Gasteiger partial charge in [0, 0.05) is 12.1 Å². The van der Waals surface area contributed by atoms with E-state index in [1.165, 1.54) is 0 Å². The average Bonchev–Trinajstić information content (AvgIpc) is 2.16. The molecular formula is C10H15N3O. The molecule has 0 radical (unpaired) electrons. The van der Waals surface area contributed by atoms with E-state index in [2.05, 4.69) is 5.43 Å². The van der Waals surface area contributed by atoms with Gasteiger partial charge in [-0.15, -0.1) is 0 Å². The summed E-state index contributed by atoms with van der Waals surface area (Å²) in [5, 5.41) is 0. The van der Waals surface area contributed by atoms with Gasteiger partial charge in [0.05, 0.1) is 0 Å². The van der Waals surface area contributed by atoms with Crippen LogP contribution in [0.25, 0.3) is 0 Å². The lowest BCUT2D eigenvalue weighted by molar-refractivity contribution is 0.0953. The summed E-state index contributed by atoms with van der Waals surface area (Å²) in [6.07, 6.45) is 0. The zero-order valence-corrected chi connectivity index (χ0v) is 8.45. The number of carbonyl (C=O) groups is 1. The summed E-state index contributed by atoms with van der Waals surface area (Å²) in [6.45, 7) is 0.811. The van der Waals surface area contributed by atoms with Crippen LogP contribution in [-0.2, 0) is 6.54 Å². The number of carbonyl (C=O) groups excluding carboxylic acids is 1. The number of nitrogens with one attached hydrogen (secondary N) is 1. The second kappa shape index (κ2) is 4.74. The number of nitrogens with zero attached hydrogens (tertiary/aromatic N) is 1. The van der Waals surface area contributed by atoms with Crippen molar-refractivity contribution in [3.05, 3.63) is 35.4 Å². The highest BCUT2D eigenvalue weighted by atomic mass is 16.2. The van der Waals surface area contributed by atoms with Crippen molar-refractivity contribution in [1.29, 1.82) is 0 Å². The van der Waals surface area contributed by atoms with Crippen LogP contribution in [0, 0.1) is 0 Å². The summed E-state index contributed by atoms with van der Waals surface area (Å²) in [7, 11) is 3.96. The lowest BCUT2D eigenvalue weighted by atomic mass is 10.1. The summed E-state index contributed by atoms with van der Waals surface area (Å²) in [5.41, 5.74) is 3.79. The van der Waals surface area contributed by atoms with Crippen LogP contribution < -0.4 is 11.3 Å². The Bertz CT molecular complexity index is 323. The third-order valence-corrected chi connectivity index (χ3v) is 1.82. The molecule has 0 aromatic heterocycles. The van der Waals surface area contributed by atoms with Crippen molar-refractivity contribution in [2.45, 2.75) is 6.54 Å². The predicted octanol–water partition coefficient (Wildman–Crippen LogP) is 0.352. The first-order valence-electron chi connectivity index (χ1n) is 4.38. The smallest absolute Gasteiger partial charge is 0.265 e. The average molecular weight is 193 g/mol. The first-order chi connectivity index (χ1) is 6.63. The molecule has 0 bridgehead atoms. The Morgan fingerprint density at radius 1 is 1.50 bits per heavy atom. The van der Waals surface area contributed by atoms with Crippen molar-refractivity contribution in [3.63, 3.8) is 0 Å². The molecule has 0 aliphatic heterocycles. The fourth-order valence-electron chi connectivity index (χ4n) is 1.26. The molecule has 76 valence electrons. The summed E-state index contributed by atoms with van der Waals surface area (Å²) >= 11 is 0. The second-order valence-corrected chi connectivity index (χ2v) is 3.41. The molecule has 0 atom stereocenters. The molecule has 1 aromatic carbocycles. The standard InChI is InChI=1S/C10H15N3O/c1-13(2)7-8-4-3-5-9(6-8)10(14)12-11/h3-6H,7,11H2,1-2H3,(H,12,14). The number of hydrazine groups is 1. The maximum atomic E-state index is 11.2. The first-order valence-corrected chi connectivity index (χ1v) is 4.38. The zero-order chi connectivity index (χ0) is 10.6. The van der Waals surface area contributed by atoms with Gasteiger partial charge in [-0.1, -0.05) is 12.1 Å². The summed E-state index contributed by atoms with van der Waals surface area (Å²) < 4.78 is 0. The molecule has 0 saturated carbocycles. The van der Waals surface area contributed by atoms with Crippen LogP contribution in [0.1, 0.15) is 15.9 Å². The van der Waals surface area contributed by atoms with E-state index in [1.807, 2.05) is 37.2 Å². The third kappa shape index (κ3) is 2.83. The van der Waals surface area contributed by atoms with Crippen LogP contribution in [-0.4, -0.2) is 24.9 Å². The van der Waals surface area contributed by atoms with Crippen molar-refractivity contribution in [2.75, 3.05) is 14.1 Å². The number of hydrogen-bond donors (Lipinski definition) is 2. The molecule has 0 aliphatic carbocycles. The molecule has 14 heavy (non-hydrogen) atoms. The molecule has 0 aliphatic rings. The number of benzene rings is 1. The topological polar surface area (TPSA) is 58.4 Å². The number of hydrogen-bond acceptors (Lipinski definition) is 3. The van der Waals surface area contributed by atoms with E-state index in [0.29, 0.717) is 5.56 Å². The Balaban J connectivity index is 2.84. The number of amides is 1. The Labute approximate surface area is 83.7 Å². The molecule has 1 aromatic rings. The van der Waals surface area contributed by atoms with Gasteiger partial charge in [0.1, 0.15) is 0 Å². The van der Waals surface area contributed by atoms with Crippen molar-refractivity contribution >= 4 is 5.91 Å². The van der Waals surface area contributed by atoms with Gasteiger partial charge in [0.2, 0.25) is 0 Å². The first kappa shape index (κ1) is 10.7. The van der Waals surface area contributed by atoms with E-state index in [0.717, 1.165) is 12.1 Å². The van der Waals surface area contributed by atoms with Gasteiger partial charge in [0.15, 0.2) is 0 Å². The lowest BCUT2D eigenvalue weighted by Gasteiger charge is -2.10. The number of rotatable bonds is 3. The molecule has 0 unspecified atom stereocenters. The fourth-order valence-corrected chi connectivity index (χ4v) is 1.26. The van der Waals surface area contributed by atoms with Crippen molar-refractivity contribution < 1.29 is 4.79 Å². The van der Waals surface area contributed by atoms with Crippen molar-refractivity contribution in [1.82, 2.24) is 10.3 Å². The minimum absolute atomic E-state index is 0.259. The largest absolute Gasteiger partial charge is 0.305 e. The van der Waals surface area contributed by atoms with Crippen LogP contribution in [0.2, 0.25) is 0 Å². The molecule has 0 heterocycles. The maximum absolute atomic E-state index is 11.2. The molecule has 1 amide bonds. The molecular weight excluding hydrogens is 178 g/mol. The van der Waals surface area contributed by atoms with E-state index in [-0.39, 0.29) is 5.91 Å². The monoisotopic (exact) mass is 193 g/mol. The van der Waals surface area contributed by atoms with Gasteiger partial charge < -0.3 is 4.90 Å². The van der Waals surface area contributed by atoms with Gasteiger partial charge in [0.25, 0.3) is 5.91 Å². The molecule has 4 heteroatoms. The number of nitrogen functional groups attached to an aromatic ring is 1. The highest BCUT2D eigenvalue weighted by Gasteiger charge is 2.03. The van der Waals surface area contributed by atoms with Crippen LogP contribution in [0.5, 0.6) is 0 Å². The predicted molar refractivity (Wildman–Crippen MR) is 55.5 cm³/mol. The highest BCUT2D eigenvalue weighted by molar-refractivity contribution is 5.93. The Morgan fingerprint density at radius 2 is 2.21 bits per heavy atom. The Kier molecular flexibility index (Phi) is 3.62. The Morgan fingerprint density at radius 3 is 2.79 bits per heavy atom. The molecule has 0 saturated heterocycles. The molecule has 3 N–H and O–H groups in total. The van der Waals surface area contributed by atoms with E-state index in [4.69, 9.17) is 5.84 Å². The third-order valence-electron chi connectivity index (χ3n) is 1.82. The minimum atomic E-state index is -0.259. The lowest BCUT2D eigenvalue weighted by Crippen LogP contribution is -2.30. The normalized spacial score (nSPS) is 10.3. The second-order valence-electron chi connectivity index (χ2n) is 3.41. The van der Waals surface area contributed by atoms with E-state index in [1.54, 1.807) is 6.07 Å². The highest BCUT2D eigenvalue weighted by Crippen LogP contribution is 2.06. The van der Waals surface area contributed by atoms with Gasteiger partial charge >= 0.3 is 0 Å². The van der Waals surface area contributed by atoms with E-state index in [9.17, 15) is 4.79 Å². The van der Waals surface area contributed by atoms with Gasteiger partial charge in [-0.25, -0.2) is 5.84 Å². The molecule has 1 rings (SSSR count). The van der Waals surface area contributed by atoms with E-state index >= 15 is 0 Å². The fraction of sp³-hybridized carbons (Fsp3) is 0.300.